The van der Waals surface area contributed by atoms with Gasteiger partial charge in [-0.05, 0) is 25.7 Å². The second kappa shape index (κ2) is 6.29. The molecule has 1 aliphatic carbocycles. The Morgan fingerprint density at radius 1 is 1.29 bits per heavy atom. The van der Waals surface area contributed by atoms with Gasteiger partial charge in [0.05, 0.1) is 24.5 Å². The van der Waals surface area contributed by atoms with E-state index < -0.39 is 0 Å². The van der Waals surface area contributed by atoms with Gasteiger partial charge in [0.1, 0.15) is 6.10 Å². The van der Waals surface area contributed by atoms with Crippen molar-refractivity contribution in [2.75, 3.05) is 31.1 Å². The predicted octanol–water partition coefficient (Wildman–Crippen LogP) is 0.595. The third kappa shape index (κ3) is 2.98. The number of Topliss-reactive ketones (excluding diaryl/α,β-unsaturated/α-hetero) is 1. The smallest absolute Gasteiger partial charge is 0.244 e. The molecule has 4 rings (SSSR count). The summed E-state index contributed by atoms with van der Waals surface area (Å²) in [5, 5.41) is 4.17. The third-order valence-electron chi connectivity index (χ3n) is 5.25. The van der Waals surface area contributed by atoms with Gasteiger partial charge in [0.2, 0.25) is 5.91 Å². The van der Waals surface area contributed by atoms with Crippen LogP contribution in [0.3, 0.4) is 0 Å². The molecule has 1 aromatic rings. The summed E-state index contributed by atoms with van der Waals surface area (Å²) in [5.41, 5.74) is 0.853. The number of aryl methyl sites for hydroxylation is 1. The van der Waals surface area contributed by atoms with Crippen molar-refractivity contribution in [3.8, 4) is 0 Å². The molecule has 0 aromatic carbocycles. The molecule has 0 radical (unpaired) electrons. The van der Waals surface area contributed by atoms with Crippen LogP contribution >= 0.6 is 0 Å². The van der Waals surface area contributed by atoms with Crippen molar-refractivity contribution in [2.24, 2.45) is 13.0 Å². The van der Waals surface area contributed by atoms with Crippen LogP contribution in [0.4, 0.5) is 5.69 Å². The van der Waals surface area contributed by atoms with Gasteiger partial charge in [-0.2, -0.15) is 5.10 Å². The van der Waals surface area contributed by atoms with Gasteiger partial charge in [-0.1, -0.05) is 0 Å². The second-order valence-electron chi connectivity index (χ2n) is 7.05. The Bertz CT molecular complexity index is 640. The SMILES string of the molecule is Cn1cc(N2CCC[C@@H](N3CCO[C@@H](C(=O)C4CC4)C3)C2=O)cn1. The van der Waals surface area contributed by atoms with Crippen molar-refractivity contribution in [2.45, 2.75) is 37.8 Å². The van der Waals surface area contributed by atoms with Gasteiger partial charge in [-0.3, -0.25) is 19.2 Å². The number of carbonyl (C=O) groups is 2. The number of ketones is 1. The van der Waals surface area contributed by atoms with Crippen molar-refractivity contribution in [3.05, 3.63) is 12.4 Å². The number of piperidine rings is 1. The normalized spacial score (nSPS) is 29.0. The highest BCUT2D eigenvalue weighted by atomic mass is 16.5. The summed E-state index contributed by atoms with van der Waals surface area (Å²) >= 11 is 0. The van der Waals surface area contributed by atoms with E-state index in [0.29, 0.717) is 19.7 Å². The van der Waals surface area contributed by atoms with E-state index in [2.05, 4.69) is 10.00 Å². The number of amides is 1. The van der Waals surface area contributed by atoms with Crippen LogP contribution in [-0.4, -0.2) is 64.8 Å². The molecule has 0 N–H and O–H groups in total. The minimum absolute atomic E-state index is 0.119. The monoisotopic (exact) mass is 332 g/mol. The molecular formula is C17H24N4O3. The van der Waals surface area contributed by atoms with Gasteiger partial charge in [0.15, 0.2) is 5.78 Å². The lowest BCUT2D eigenvalue weighted by Crippen LogP contribution is -2.58. The number of anilines is 1. The molecule has 2 saturated heterocycles. The molecule has 1 amide bonds. The van der Waals surface area contributed by atoms with E-state index in [1.54, 1.807) is 10.9 Å². The zero-order chi connectivity index (χ0) is 16.7. The minimum atomic E-state index is -0.354. The molecule has 130 valence electrons. The molecule has 24 heavy (non-hydrogen) atoms. The van der Waals surface area contributed by atoms with Crippen LogP contribution in [0.1, 0.15) is 25.7 Å². The van der Waals surface area contributed by atoms with E-state index >= 15 is 0 Å². The maximum Gasteiger partial charge on any atom is 0.244 e. The highest BCUT2D eigenvalue weighted by Crippen LogP contribution is 2.33. The number of morpholine rings is 1. The summed E-state index contributed by atoms with van der Waals surface area (Å²) < 4.78 is 7.40. The molecule has 2 aliphatic heterocycles. The van der Waals surface area contributed by atoms with Crippen molar-refractivity contribution in [1.82, 2.24) is 14.7 Å². The molecule has 3 aliphatic rings. The highest BCUT2D eigenvalue weighted by molar-refractivity contribution is 5.97. The molecule has 1 aromatic heterocycles. The van der Waals surface area contributed by atoms with Crippen LogP contribution in [0.2, 0.25) is 0 Å². The molecule has 1 saturated carbocycles. The number of hydrogen-bond donors (Lipinski definition) is 0. The standard InChI is InChI=1S/C17H24N4O3/c1-19-10-13(9-18-19)21-6-2-3-14(17(21)23)20-7-8-24-15(11-20)16(22)12-4-5-12/h9-10,12,14-15H,2-8,11H2,1H3/t14-,15-/m1/s1. The van der Waals surface area contributed by atoms with Gasteiger partial charge in [0.25, 0.3) is 0 Å². The Morgan fingerprint density at radius 2 is 2.12 bits per heavy atom. The number of rotatable bonds is 4. The van der Waals surface area contributed by atoms with Crippen LogP contribution in [0.25, 0.3) is 0 Å². The minimum Gasteiger partial charge on any atom is -0.368 e. The van der Waals surface area contributed by atoms with E-state index in [-0.39, 0.29) is 29.8 Å². The fourth-order valence-corrected chi connectivity index (χ4v) is 3.75. The lowest BCUT2D eigenvalue weighted by molar-refractivity contribution is -0.142. The molecule has 3 fully saturated rings. The van der Waals surface area contributed by atoms with Crippen molar-refractivity contribution in [3.63, 3.8) is 0 Å². The molecule has 0 unspecified atom stereocenters. The Labute approximate surface area is 141 Å². The van der Waals surface area contributed by atoms with E-state index in [4.69, 9.17) is 4.74 Å². The summed E-state index contributed by atoms with van der Waals surface area (Å²) in [5.74, 6) is 0.546. The van der Waals surface area contributed by atoms with Gasteiger partial charge in [-0.15, -0.1) is 0 Å². The number of aromatic nitrogens is 2. The van der Waals surface area contributed by atoms with Gasteiger partial charge >= 0.3 is 0 Å². The van der Waals surface area contributed by atoms with E-state index in [1.165, 1.54) is 0 Å². The zero-order valence-corrected chi connectivity index (χ0v) is 14.1. The zero-order valence-electron chi connectivity index (χ0n) is 14.1. The fourth-order valence-electron chi connectivity index (χ4n) is 3.75. The molecule has 7 heteroatoms. The van der Waals surface area contributed by atoms with Crippen molar-refractivity contribution in [1.29, 1.82) is 0 Å². The van der Waals surface area contributed by atoms with Crippen LogP contribution < -0.4 is 4.90 Å². The number of hydrogen-bond acceptors (Lipinski definition) is 5. The summed E-state index contributed by atoms with van der Waals surface area (Å²) in [6.45, 7) is 2.52. The Hall–Kier alpha value is -1.73. The molecule has 3 heterocycles. The quantitative estimate of drug-likeness (QED) is 0.807. The summed E-state index contributed by atoms with van der Waals surface area (Å²) in [4.78, 5) is 29.3. The predicted molar refractivity (Wildman–Crippen MR) is 87.6 cm³/mol. The fraction of sp³-hybridized carbons (Fsp3) is 0.706. The summed E-state index contributed by atoms with van der Waals surface area (Å²) in [6, 6.07) is -0.155. The summed E-state index contributed by atoms with van der Waals surface area (Å²) in [6.07, 6.45) is 7.06. The first-order chi connectivity index (χ1) is 11.6. The van der Waals surface area contributed by atoms with E-state index in [1.807, 2.05) is 18.1 Å². The molecule has 7 nitrogen and oxygen atoms in total. The Balaban J connectivity index is 1.46. The van der Waals surface area contributed by atoms with Crippen LogP contribution in [-0.2, 0) is 21.4 Å². The second-order valence-corrected chi connectivity index (χ2v) is 7.05. The van der Waals surface area contributed by atoms with Gasteiger partial charge < -0.3 is 9.64 Å². The van der Waals surface area contributed by atoms with Crippen molar-refractivity contribution >= 4 is 17.4 Å². The number of carbonyl (C=O) groups excluding carboxylic acids is 2. The lowest BCUT2D eigenvalue weighted by Gasteiger charge is -2.41. The molecule has 0 bridgehead atoms. The molecule has 0 spiro atoms. The highest BCUT2D eigenvalue weighted by Gasteiger charge is 2.41. The van der Waals surface area contributed by atoms with Crippen molar-refractivity contribution < 1.29 is 14.3 Å². The lowest BCUT2D eigenvalue weighted by atomic mass is 10.0. The average Bonchev–Trinajstić information content (AvgIpc) is 3.36. The first-order valence-electron chi connectivity index (χ1n) is 8.83. The Morgan fingerprint density at radius 3 is 2.83 bits per heavy atom. The third-order valence-corrected chi connectivity index (χ3v) is 5.25. The van der Waals surface area contributed by atoms with Crippen LogP contribution in [0.15, 0.2) is 12.4 Å². The van der Waals surface area contributed by atoms with Gasteiger partial charge in [-0.25, -0.2) is 0 Å². The molecule has 2 atom stereocenters. The average molecular weight is 332 g/mol. The number of nitrogens with zero attached hydrogens (tertiary/aromatic N) is 4. The van der Waals surface area contributed by atoms with E-state index in [9.17, 15) is 9.59 Å². The summed E-state index contributed by atoms with van der Waals surface area (Å²) in [7, 11) is 1.85. The first-order valence-corrected chi connectivity index (χ1v) is 8.83. The van der Waals surface area contributed by atoms with E-state index in [0.717, 1.165) is 37.9 Å². The Kier molecular flexibility index (Phi) is 4.14. The van der Waals surface area contributed by atoms with Crippen LogP contribution in [0.5, 0.6) is 0 Å². The topological polar surface area (TPSA) is 67.7 Å². The maximum atomic E-state index is 13.0. The largest absolute Gasteiger partial charge is 0.368 e. The number of ether oxygens (including phenoxy) is 1. The first kappa shape index (κ1) is 15.8. The van der Waals surface area contributed by atoms with Crippen LogP contribution in [0, 0.1) is 5.92 Å². The van der Waals surface area contributed by atoms with Gasteiger partial charge in [0, 0.05) is 38.8 Å². The maximum absolute atomic E-state index is 13.0. The molecular weight excluding hydrogens is 308 g/mol.